The summed E-state index contributed by atoms with van der Waals surface area (Å²) < 4.78 is 0. The molecule has 3 rings (SSSR count). The zero-order valence-electron chi connectivity index (χ0n) is 12.4. The molecule has 110 valence electrons. The third kappa shape index (κ3) is 2.81. The van der Waals surface area contributed by atoms with Gasteiger partial charge in [-0.25, -0.2) is 0 Å². The molecule has 0 N–H and O–H groups in total. The number of carbonyl (C=O) groups is 1. The quantitative estimate of drug-likeness (QED) is 0.754. The Morgan fingerprint density at radius 2 is 1.82 bits per heavy atom. The summed E-state index contributed by atoms with van der Waals surface area (Å²) in [5.74, 6) is -0.139. The molecule has 1 amide bonds. The fourth-order valence-corrected chi connectivity index (χ4v) is 2.48. The lowest BCUT2D eigenvalue weighted by Gasteiger charge is -2.11. The first kappa shape index (κ1) is 14.5. The Kier molecular flexibility index (Phi) is 3.82. The van der Waals surface area contributed by atoms with Crippen LogP contribution in [0.1, 0.15) is 18.1 Å². The number of hydrogen-bond acceptors (Lipinski definition) is 2. The minimum atomic E-state index is -0.139. The molecule has 0 unspecified atom stereocenters. The Labute approximate surface area is 134 Å². The average Bonchev–Trinajstić information content (AvgIpc) is 2.77. The molecule has 1 heterocycles. The highest BCUT2D eigenvalue weighted by molar-refractivity contribution is 6.33. The highest BCUT2D eigenvalue weighted by Gasteiger charge is 2.28. The van der Waals surface area contributed by atoms with Crippen LogP contribution in [0.15, 0.2) is 59.2 Å². The van der Waals surface area contributed by atoms with E-state index in [1.807, 2.05) is 50.3 Å². The van der Waals surface area contributed by atoms with Crippen molar-refractivity contribution in [2.45, 2.75) is 13.8 Å². The predicted molar refractivity (Wildman–Crippen MR) is 91.2 cm³/mol. The highest BCUT2D eigenvalue weighted by atomic mass is 35.5. The van der Waals surface area contributed by atoms with Crippen molar-refractivity contribution in [2.24, 2.45) is 5.10 Å². The van der Waals surface area contributed by atoms with Gasteiger partial charge in [0.05, 0.1) is 17.0 Å². The van der Waals surface area contributed by atoms with Crippen LogP contribution in [0.3, 0.4) is 0 Å². The Morgan fingerprint density at radius 3 is 2.50 bits per heavy atom. The van der Waals surface area contributed by atoms with Gasteiger partial charge in [-0.15, -0.1) is 0 Å². The molecule has 0 radical (unpaired) electrons. The fourth-order valence-electron chi connectivity index (χ4n) is 2.30. The van der Waals surface area contributed by atoms with E-state index in [1.165, 1.54) is 10.6 Å². The molecule has 1 aliphatic heterocycles. The van der Waals surface area contributed by atoms with Crippen LogP contribution in [0.25, 0.3) is 6.08 Å². The molecule has 0 aromatic heterocycles. The van der Waals surface area contributed by atoms with Gasteiger partial charge in [0.15, 0.2) is 0 Å². The largest absolute Gasteiger partial charge is 0.280 e. The lowest BCUT2D eigenvalue weighted by atomic mass is 10.1. The summed E-state index contributed by atoms with van der Waals surface area (Å²) in [6.45, 7) is 3.87. The predicted octanol–water partition coefficient (Wildman–Crippen LogP) is 4.45. The van der Waals surface area contributed by atoms with Gasteiger partial charge in [-0.05, 0) is 43.7 Å². The molecular formula is C18H15ClN2O. The third-order valence-electron chi connectivity index (χ3n) is 3.50. The molecule has 0 saturated heterocycles. The number of hydrazone groups is 1. The van der Waals surface area contributed by atoms with E-state index in [9.17, 15) is 4.79 Å². The lowest BCUT2D eigenvalue weighted by molar-refractivity contribution is -0.114. The minimum absolute atomic E-state index is 0.139. The summed E-state index contributed by atoms with van der Waals surface area (Å²) in [5.41, 5.74) is 4.14. The highest BCUT2D eigenvalue weighted by Crippen LogP contribution is 2.26. The number of nitrogens with zero attached hydrogens (tertiary/aromatic N) is 2. The molecule has 4 heteroatoms. The summed E-state index contributed by atoms with van der Waals surface area (Å²) in [4.78, 5) is 12.6. The van der Waals surface area contributed by atoms with E-state index in [2.05, 4.69) is 5.10 Å². The molecule has 0 atom stereocenters. The molecule has 0 bridgehead atoms. The molecule has 0 aliphatic carbocycles. The second-order valence-electron chi connectivity index (χ2n) is 5.25. The zero-order chi connectivity index (χ0) is 15.7. The number of halogens is 1. The van der Waals surface area contributed by atoms with Crippen molar-refractivity contribution in [1.82, 2.24) is 0 Å². The topological polar surface area (TPSA) is 32.7 Å². The molecule has 1 aliphatic rings. The monoisotopic (exact) mass is 310 g/mol. The van der Waals surface area contributed by atoms with Crippen molar-refractivity contribution in [3.05, 3.63) is 70.3 Å². The summed E-state index contributed by atoms with van der Waals surface area (Å²) in [7, 11) is 0. The normalized spacial score (nSPS) is 16.3. The third-order valence-corrected chi connectivity index (χ3v) is 3.74. The molecule has 2 aromatic carbocycles. The van der Waals surface area contributed by atoms with Gasteiger partial charge >= 0.3 is 0 Å². The van der Waals surface area contributed by atoms with Gasteiger partial charge in [-0.3, -0.25) is 4.79 Å². The Morgan fingerprint density at radius 1 is 1.09 bits per heavy atom. The number of rotatable bonds is 2. The fraction of sp³-hybridized carbons (Fsp3) is 0.111. The molecule has 22 heavy (non-hydrogen) atoms. The van der Waals surface area contributed by atoms with Gasteiger partial charge in [0.1, 0.15) is 0 Å². The Bertz CT molecular complexity index is 791. The first-order valence-corrected chi connectivity index (χ1v) is 7.36. The van der Waals surface area contributed by atoms with E-state index in [4.69, 9.17) is 11.6 Å². The first-order valence-electron chi connectivity index (χ1n) is 6.98. The number of hydrogen-bond donors (Lipinski definition) is 0. The van der Waals surface area contributed by atoms with Gasteiger partial charge < -0.3 is 0 Å². The van der Waals surface area contributed by atoms with E-state index in [-0.39, 0.29) is 5.91 Å². The maximum atomic E-state index is 12.6. The number of amides is 1. The SMILES string of the molecule is CC1=NN(c2cccc(Cl)c2)C(=O)/C1=C/c1ccc(C)cc1. The van der Waals surface area contributed by atoms with Crippen molar-refractivity contribution in [2.75, 3.05) is 5.01 Å². The number of anilines is 1. The smallest absolute Gasteiger partial charge is 0.267 e. The van der Waals surface area contributed by atoms with E-state index >= 15 is 0 Å². The van der Waals surface area contributed by atoms with Gasteiger partial charge in [0, 0.05) is 5.02 Å². The van der Waals surface area contributed by atoms with Crippen molar-refractivity contribution in [1.29, 1.82) is 0 Å². The maximum Gasteiger partial charge on any atom is 0.280 e. The minimum Gasteiger partial charge on any atom is -0.267 e. The molecule has 2 aromatic rings. The van der Waals surface area contributed by atoms with Crippen LogP contribution in [-0.2, 0) is 4.79 Å². The van der Waals surface area contributed by atoms with Crippen molar-refractivity contribution in [3.63, 3.8) is 0 Å². The second-order valence-corrected chi connectivity index (χ2v) is 5.69. The summed E-state index contributed by atoms with van der Waals surface area (Å²) in [6, 6.07) is 15.1. The van der Waals surface area contributed by atoms with Gasteiger partial charge in [0.2, 0.25) is 0 Å². The number of benzene rings is 2. The summed E-state index contributed by atoms with van der Waals surface area (Å²) in [5, 5.41) is 6.32. The average molecular weight is 311 g/mol. The van der Waals surface area contributed by atoms with Crippen molar-refractivity contribution >= 4 is 35.0 Å². The molecule has 0 saturated carbocycles. The molecule has 3 nitrogen and oxygen atoms in total. The zero-order valence-corrected chi connectivity index (χ0v) is 13.1. The summed E-state index contributed by atoms with van der Waals surface area (Å²) in [6.07, 6.45) is 1.87. The van der Waals surface area contributed by atoms with Crippen LogP contribution in [0.5, 0.6) is 0 Å². The van der Waals surface area contributed by atoms with E-state index < -0.39 is 0 Å². The van der Waals surface area contributed by atoms with Crippen molar-refractivity contribution in [3.8, 4) is 0 Å². The Balaban J connectivity index is 1.94. The molecule has 0 fully saturated rings. The van der Waals surface area contributed by atoms with Crippen LogP contribution in [0.2, 0.25) is 5.02 Å². The van der Waals surface area contributed by atoms with Crippen LogP contribution in [0, 0.1) is 6.92 Å². The van der Waals surface area contributed by atoms with Crippen LogP contribution >= 0.6 is 11.6 Å². The van der Waals surface area contributed by atoms with E-state index in [0.717, 1.165) is 5.56 Å². The van der Waals surface area contributed by atoms with Gasteiger partial charge in [0.25, 0.3) is 5.91 Å². The number of aryl methyl sites for hydroxylation is 1. The van der Waals surface area contributed by atoms with Crippen molar-refractivity contribution < 1.29 is 4.79 Å². The first-order chi connectivity index (χ1) is 10.5. The summed E-state index contributed by atoms with van der Waals surface area (Å²) >= 11 is 5.99. The number of carbonyl (C=O) groups excluding carboxylic acids is 1. The van der Waals surface area contributed by atoms with Crippen LogP contribution in [0.4, 0.5) is 5.69 Å². The standard InChI is InChI=1S/C18H15ClN2O/c1-12-6-8-14(9-7-12)10-17-13(2)20-21(18(17)22)16-5-3-4-15(19)11-16/h3-11H,1-2H3/b17-10+. The van der Waals surface area contributed by atoms with Crippen LogP contribution < -0.4 is 5.01 Å². The molecular weight excluding hydrogens is 296 g/mol. The molecule has 0 spiro atoms. The van der Waals surface area contributed by atoms with Gasteiger partial charge in [-0.1, -0.05) is 47.5 Å². The Hall–Kier alpha value is -2.39. The lowest BCUT2D eigenvalue weighted by Crippen LogP contribution is -2.21. The van der Waals surface area contributed by atoms with E-state index in [1.54, 1.807) is 18.2 Å². The van der Waals surface area contributed by atoms with E-state index in [0.29, 0.717) is 22.0 Å². The van der Waals surface area contributed by atoms with Crippen LogP contribution in [-0.4, -0.2) is 11.6 Å². The second kappa shape index (κ2) is 5.78. The maximum absolute atomic E-state index is 12.6. The van der Waals surface area contributed by atoms with Gasteiger partial charge in [-0.2, -0.15) is 10.1 Å².